The van der Waals surface area contributed by atoms with Crippen LogP contribution in [-0.4, -0.2) is 40.2 Å². The molecule has 0 saturated carbocycles. The number of likely N-dealkylation sites (tertiary alicyclic amines) is 1. The highest BCUT2D eigenvalue weighted by atomic mass is 16.5. The zero-order chi connectivity index (χ0) is 15.6. The summed E-state index contributed by atoms with van der Waals surface area (Å²) >= 11 is 0. The first-order valence-corrected chi connectivity index (χ1v) is 7.55. The van der Waals surface area contributed by atoms with Crippen molar-refractivity contribution in [3.05, 3.63) is 29.8 Å². The van der Waals surface area contributed by atoms with Gasteiger partial charge in [-0.15, -0.1) is 0 Å². The Morgan fingerprint density at radius 1 is 1.38 bits per heavy atom. The van der Waals surface area contributed by atoms with Gasteiger partial charge in [-0.05, 0) is 52.7 Å². The van der Waals surface area contributed by atoms with Gasteiger partial charge in [0.25, 0.3) is 5.91 Å². The first-order chi connectivity index (χ1) is 9.79. The van der Waals surface area contributed by atoms with Gasteiger partial charge in [0.05, 0.1) is 11.6 Å². The fourth-order valence-corrected chi connectivity index (χ4v) is 2.87. The fourth-order valence-electron chi connectivity index (χ4n) is 2.87. The van der Waals surface area contributed by atoms with Crippen molar-refractivity contribution in [2.45, 2.75) is 58.3 Å². The number of carbonyl (C=O) groups excluding carboxylic acids is 1. The van der Waals surface area contributed by atoms with Crippen LogP contribution in [0.2, 0.25) is 0 Å². The number of ether oxygens (including phenoxy) is 1. The normalized spacial score (nSPS) is 20.4. The van der Waals surface area contributed by atoms with E-state index in [9.17, 15) is 9.90 Å². The molecule has 0 radical (unpaired) electrons. The maximum absolute atomic E-state index is 12.6. The molecule has 0 bridgehead atoms. The van der Waals surface area contributed by atoms with Crippen molar-refractivity contribution >= 4 is 5.91 Å². The third kappa shape index (κ3) is 3.76. The summed E-state index contributed by atoms with van der Waals surface area (Å²) in [6.45, 7) is 7.98. The maximum Gasteiger partial charge on any atom is 0.263 e. The third-order valence-corrected chi connectivity index (χ3v) is 4.03. The molecular weight excluding hydrogens is 266 g/mol. The van der Waals surface area contributed by atoms with Crippen molar-refractivity contribution in [1.29, 1.82) is 0 Å². The Morgan fingerprint density at radius 2 is 2.00 bits per heavy atom. The van der Waals surface area contributed by atoms with Gasteiger partial charge in [-0.1, -0.05) is 17.7 Å². The molecule has 21 heavy (non-hydrogen) atoms. The molecule has 1 heterocycles. The summed E-state index contributed by atoms with van der Waals surface area (Å²) in [6.07, 6.45) is 1.22. The summed E-state index contributed by atoms with van der Waals surface area (Å²) in [4.78, 5) is 14.3. The van der Waals surface area contributed by atoms with Crippen LogP contribution in [-0.2, 0) is 4.79 Å². The zero-order valence-electron chi connectivity index (χ0n) is 13.3. The Hall–Kier alpha value is -1.55. The van der Waals surface area contributed by atoms with Gasteiger partial charge in [0, 0.05) is 6.54 Å². The highest BCUT2D eigenvalue weighted by Crippen LogP contribution is 2.27. The molecule has 116 valence electrons. The molecule has 1 aliphatic rings. The van der Waals surface area contributed by atoms with Gasteiger partial charge < -0.3 is 14.7 Å². The Kier molecular flexibility index (Phi) is 4.57. The van der Waals surface area contributed by atoms with E-state index in [1.807, 2.05) is 31.2 Å². The second-order valence-electron chi connectivity index (χ2n) is 6.42. The maximum atomic E-state index is 12.6. The van der Waals surface area contributed by atoms with Gasteiger partial charge in [0.1, 0.15) is 5.75 Å². The smallest absolute Gasteiger partial charge is 0.263 e. The lowest BCUT2D eigenvalue weighted by atomic mass is 9.96. The molecule has 1 aliphatic heterocycles. The van der Waals surface area contributed by atoms with Crippen LogP contribution in [0.15, 0.2) is 24.3 Å². The molecule has 0 spiro atoms. The first-order valence-electron chi connectivity index (χ1n) is 7.55. The number of carbonyl (C=O) groups is 1. The number of nitrogens with zero attached hydrogens (tertiary/aromatic N) is 1. The summed E-state index contributed by atoms with van der Waals surface area (Å²) < 4.78 is 5.73. The quantitative estimate of drug-likeness (QED) is 0.927. The largest absolute Gasteiger partial charge is 0.481 e. The van der Waals surface area contributed by atoms with Crippen molar-refractivity contribution in [2.75, 3.05) is 6.54 Å². The van der Waals surface area contributed by atoms with Crippen LogP contribution in [0, 0.1) is 6.92 Å². The second-order valence-corrected chi connectivity index (χ2v) is 6.42. The van der Waals surface area contributed by atoms with Crippen LogP contribution >= 0.6 is 0 Å². The topological polar surface area (TPSA) is 49.8 Å². The van der Waals surface area contributed by atoms with Crippen molar-refractivity contribution in [3.8, 4) is 5.75 Å². The molecule has 2 rings (SSSR count). The number of hydrogen-bond donors (Lipinski definition) is 1. The Labute approximate surface area is 126 Å². The van der Waals surface area contributed by atoms with E-state index in [2.05, 4.69) is 0 Å². The third-order valence-electron chi connectivity index (χ3n) is 4.03. The van der Waals surface area contributed by atoms with Crippen LogP contribution in [0.1, 0.15) is 39.2 Å². The average molecular weight is 291 g/mol. The van der Waals surface area contributed by atoms with Crippen molar-refractivity contribution in [1.82, 2.24) is 4.90 Å². The molecule has 0 aromatic heterocycles. The molecule has 1 amide bonds. The van der Waals surface area contributed by atoms with Gasteiger partial charge in [0.2, 0.25) is 0 Å². The predicted molar refractivity (Wildman–Crippen MR) is 82.3 cm³/mol. The van der Waals surface area contributed by atoms with E-state index in [-0.39, 0.29) is 11.9 Å². The van der Waals surface area contributed by atoms with Gasteiger partial charge in [0.15, 0.2) is 6.10 Å². The standard InChI is InChI=1S/C17H25NO3/c1-12-7-9-14(10-8-12)21-13(2)16(19)18-11-5-6-15(18)17(3,4)20/h7-10,13,15,20H,5-6,11H2,1-4H3. The summed E-state index contributed by atoms with van der Waals surface area (Å²) in [5, 5.41) is 10.2. The molecule has 1 saturated heterocycles. The first kappa shape index (κ1) is 15.8. The Morgan fingerprint density at radius 3 is 2.57 bits per heavy atom. The minimum absolute atomic E-state index is 0.0554. The number of amides is 1. The van der Waals surface area contributed by atoms with Crippen LogP contribution in [0.3, 0.4) is 0 Å². The minimum atomic E-state index is -0.879. The van der Waals surface area contributed by atoms with Crippen molar-refractivity contribution in [3.63, 3.8) is 0 Å². The van der Waals surface area contributed by atoms with Crippen LogP contribution in [0.25, 0.3) is 0 Å². The van der Waals surface area contributed by atoms with E-state index in [1.54, 1.807) is 25.7 Å². The number of aliphatic hydroxyl groups is 1. The number of benzene rings is 1. The fraction of sp³-hybridized carbons (Fsp3) is 0.588. The minimum Gasteiger partial charge on any atom is -0.481 e. The molecule has 1 aromatic carbocycles. The Bertz CT molecular complexity index is 490. The van der Waals surface area contributed by atoms with E-state index < -0.39 is 11.7 Å². The molecule has 2 atom stereocenters. The highest BCUT2D eigenvalue weighted by Gasteiger charge is 2.40. The lowest BCUT2D eigenvalue weighted by Crippen LogP contribution is -2.51. The van der Waals surface area contributed by atoms with E-state index >= 15 is 0 Å². The predicted octanol–water partition coefficient (Wildman–Crippen LogP) is 2.52. The molecule has 2 unspecified atom stereocenters. The molecule has 1 fully saturated rings. The summed E-state index contributed by atoms with van der Waals surface area (Å²) in [6, 6.07) is 7.53. The molecule has 1 N–H and O–H groups in total. The highest BCUT2D eigenvalue weighted by molar-refractivity contribution is 5.81. The summed E-state index contributed by atoms with van der Waals surface area (Å²) in [5.74, 6) is 0.639. The van der Waals surface area contributed by atoms with Crippen molar-refractivity contribution in [2.24, 2.45) is 0 Å². The van der Waals surface area contributed by atoms with E-state index in [1.165, 1.54) is 0 Å². The van der Waals surface area contributed by atoms with Gasteiger partial charge >= 0.3 is 0 Å². The van der Waals surface area contributed by atoms with Crippen molar-refractivity contribution < 1.29 is 14.6 Å². The monoisotopic (exact) mass is 291 g/mol. The molecular formula is C17H25NO3. The van der Waals surface area contributed by atoms with Gasteiger partial charge in [-0.2, -0.15) is 0 Å². The number of rotatable bonds is 4. The van der Waals surface area contributed by atoms with Crippen LogP contribution in [0.4, 0.5) is 0 Å². The van der Waals surface area contributed by atoms with Crippen LogP contribution in [0.5, 0.6) is 5.75 Å². The van der Waals surface area contributed by atoms with Gasteiger partial charge in [-0.3, -0.25) is 4.79 Å². The van der Waals surface area contributed by atoms with E-state index in [4.69, 9.17) is 4.74 Å². The molecule has 4 nitrogen and oxygen atoms in total. The lowest BCUT2D eigenvalue weighted by Gasteiger charge is -2.35. The summed E-state index contributed by atoms with van der Waals surface area (Å²) in [5.41, 5.74) is 0.276. The van der Waals surface area contributed by atoms with Gasteiger partial charge in [-0.25, -0.2) is 0 Å². The van der Waals surface area contributed by atoms with E-state index in [0.717, 1.165) is 18.4 Å². The molecule has 0 aliphatic carbocycles. The average Bonchev–Trinajstić information content (AvgIpc) is 2.89. The Balaban J connectivity index is 2.03. The SMILES string of the molecule is Cc1ccc(OC(C)C(=O)N2CCCC2C(C)(C)O)cc1. The molecule has 1 aromatic rings. The summed E-state index contributed by atoms with van der Waals surface area (Å²) in [7, 11) is 0. The lowest BCUT2D eigenvalue weighted by molar-refractivity contribution is -0.143. The number of aryl methyl sites for hydroxylation is 1. The van der Waals surface area contributed by atoms with Crippen LogP contribution < -0.4 is 4.74 Å². The zero-order valence-corrected chi connectivity index (χ0v) is 13.3. The van der Waals surface area contributed by atoms with E-state index in [0.29, 0.717) is 12.3 Å². The molecule has 4 heteroatoms. The number of hydrogen-bond acceptors (Lipinski definition) is 3. The second kappa shape index (κ2) is 6.06.